The van der Waals surface area contributed by atoms with E-state index < -0.39 is 11.7 Å². The van der Waals surface area contributed by atoms with E-state index >= 15 is 0 Å². The van der Waals surface area contributed by atoms with Gasteiger partial charge in [-0.25, -0.2) is 0 Å². The lowest BCUT2D eigenvalue weighted by Crippen LogP contribution is -2.36. The van der Waals surface area contributed by atoms with Gasteiger partial charge in [-0.1, -0.05) is 17.3 Å². The molecular weight excluding hydrogens is 359 g/mol. The summed E-state index contributed by atoms with van der Waals surface area (Å²) in [7, 11) is 0. The monoisotopic (exact) mass is 375 g/mol. The molecule has 8 heteroatoms. The predicted molar refractivity (Wildman–Crippen MR) is 93.2 cm³/mol. The summed E-state index contributed by atoms with van der Waals surface area (Å²) < 4.78 is 50.0. The van der Waals surface area contributed by atoms with Gasteiger partial charge in [-0.3, -0.25) is 0 Å². The van der Waals surface area contributed by atoms with Crippen molar-refractivity contribution in [1.82, 2.24) is 10.1 Å². The summed E-state index contributed by atoms with van der Waals surface area (Å²) in [6.45, 7) is 3.02. The number of hydrogen-bond acceptors (Lipinski definition) is 5. The van der Waals surface area contributed by atoms with Crippen molar-refractivity contribution in [2.75, 3.05) is 31.2 Å². The fourth-order valence-corrected chi connectivity index (χ4v) is 3.01. The van der Waals surface area contributed by atoms with Crippen molar-refractivity contribution in [2.45, 2.75) is 6.18 Å². The van der Waals surface area contributed by atoms with Gasteiger partial charge in [-0.05, 0) is 36.4 Å². The van der Waals surface area contributed by atoms with Crippen LogP contribution in [0, 0.1) is 0 Å². The van der Waals surface area contributed by atoms with Crippen LogP contribution in [-0.2, 0) is 10.9 Å². The van der Waals surface area contributed by atoms with Gasteiger partial charge < -0.3 is 14.2 Å². The van der Waals surface area contributed by atoms with Crippen molar-refractivity contribution in [3.63, 3.8) is 0 Å². The summed E-state index contributed by atoms with van der Waals surface area (Å²) in [6.07, 6.45) is -4.50. The Hall–Kier alpha value is -2.87. The van der Waals surface area contributed by atoms with Crippen LogP contribution in [0.15, 0.2) is 53.1 Å². The molecule has 0 bridgehead atoms. The zero-order valence-corrected chi connectivity index (χ0v) is 14.2. The Bertz CT molecular complexity index is 916. The second-order valence-corrected chi connectivity index (χ2v) is 6.11. The van der Waals surface area contributed by atoms with Crippen LogP contribution in [0.25, 0.3) is 22.8 Å². The normalized spacial score (nSPS) is 15.1. The molecule has 1 saturated heterocycles. The molecule has 5 nitrogen and oxygen atoms in total. The van der Waals surface area contributed by atoms with Crippen molar-refractivity contribution in [3.8, 4) is 22.8 Å². The van der Waals surface area contributed by atoms with E-state index in [0.29, 0.717) is 18.8 Å². The average molecular weight is 375 g/mol. The zero-order chi connectivity index (χ0) is 18.9. The first-order chi connectivity index (χ1) is 13.0. The number of aromatic nitrogens is 2. The number of rotatable bonds is 3. The van der Waals surface area contributed by atoms with E-state index in [9.17, 15) is 13.2 Å². The summed E-state index contributed by atoms with van der Waals surface area (Å²) in [4.78, 5) is 6.36. The standard InChI is InChI=1S/C19H16F3N3O2/c20-19(21,22)16-4-2-1-3-15(16)18-23-17(24-27-18)13-5-7-14(8-6-13)25-9-11-26-12-10-25/h1-8H,9-12H2. The minimum Gasteiger partial charge on any atom is -0.378 e. The molecule has 1 aliphatic heterocycles. The Kier molecular flexibility index (Phi) is 4.57. The van der Waals surface area contributed by atoms with Crippen LogP contribution in [0.5, 0.6) is 0 Å². The Balaban J connectivity index is 1.60. The first-order valence-corrected chi connectivity index (χ1v) is 8.46. The molecule has 1 aliphatic rings. The number of ether oxygens (including phenoxy) is 1. The molecule has 1 fully saturated rings. The first-order valence-electron chi connectivity index (χ1n) is 8.46. The molecule has 4 rings (SSSR count). The summed E-state index contributed by atoms with van der Waals surface area (Å²) >= 11 is 0. The predicted octanol–water partition coefficient (Wildman–Crippen LogP) is 4.26. The van der Waals surface area contributed by atoms with Gasteiger partial charge in [-0.2, -0.15) is 18.2 Å². The maximum absolute atomic E-state index is 13.2. The van der Waals surface area contributed by atoms with Gasteiger partial charge in [0.25, 0.3) is 5.89 Å². The number of benzene rings is 2. The molecular formula is C19H16F3N3O2. The maximum Gasteiger partial charge on any atom is 0.417 e. The van der Waals surface area contributed by atoms with Gasteiger partial charge in [0, 0.05) is 24.3 Å². The molecule has 0 saturated carbocycles. The highest BCUT2D eigenvalue weighted by Gasteiger charge is 2.34. The van der Waals surface area contributed by atoms with Crippen LogP contribution in [0.4, 0.5) is 18.9 Å². The molecule has 0 N–H and O–H groups in total. The molecule has 0 radical (unpaired) electrons. The van der Waals surface area contributed by atoms with E-state index in [1.807, 2.05) is 24.3 Å². The van der Waals surface area contributed by atoms with Crippen molar-refractivity contribution < 1.29 is 22.4 Å². The summed E-state index contributed by atoms with van der Waals surface area (Å²) in [5, 5.41) is 3.84. The highest BCUT2D eigenvalue weighted by Crippen LogP contribution is 2.36. The zero-order valence-electron chi connectivity index (χ0n) is 14.2. The lowest BCUT2D eigenvalue weighted by molar-refractivity contribution is -0.137. The SMILES string of the molecule is FC(F)(F)c1ccccc1-c1nc(-c2ccc(N3CCOCC3)cc2)no1. The number of nitrogens with zero attached hydrogens (tertiary/aromatic N) is 3. The van der Waals surface area contributed by atoms with E-state index in [4.69, 9.17) is 9.26 Å². The Morgan fingerprint density at radius 2 is 1.63 bits per heavy atom. The van der Waals surface area contributed by atoms with Crippen molar-refractivity contribution in [3.05, 3.63) is 54.1 Å². The molecule has 27 heavy (non-hydrogen) atoms. The molecule has 0 atom stereocenters. The van der Waals surface area contributed by atoms with Gasteiger partial charge in [0.05, 0.1) is 24.3 Å². The molecule has 1 aromatic heterocycles. The lowest BCUT2D eigenvalue weighted by atomic mass is 10.1. The maximum atomic E-state index is 13.2. The van der Waals surface area contributed by atoms with Crippen LogP contribution >= 0.6 is 0 Å². The molecule has 0 spiro atoms. The van der Waals surface area contributed by atoms with Gasteiger partial charge in [0.2, 0.25) is 5.82 Å². The largest absolute Gasteiger partial charge is 0.417 e. The van der Waals surface area contributed by atoms with E-state index in [2.05, 4.69) is 15.0 Å². The van der Waals surface area contributed by atoms with E-state index in [1.165, 1.54) is 18.2 Å². The van der Waals surface area contributed by atoms with Gasteiger partial charge in [-0.15, -0.1) is 0 Å². The third kappa shape index (κ3) is 3.66. The molecule has 2 aromatic carbocycles. The molecule has 3 aromatic rings. The van der Waals surface area contributed by atoms with Crippen LogP contribution < -0.4 is 4.90 Å². The number of halogens is 3. The van der Waals surface area contributed by atoms with E-state index in [0.717, 1.165) is 24.8 Å². The number of hydrogen-bond donors (Lipinski definition) is 0. The average Bonchev–Trinajstić information content (AvgIpc) is 3.18. The minimum atomic E-state index is -4.50. The molecule has 0 amide bonds. The fourth-order valence-electron chi connectivity index (χ4n) is 3.01. The second kappa shape index (κ2) is 7.03. The highest BCUT2D eigenvalue weighted by molar-refractivity contribution is 5.64. The van der Waals surface area contributed by atoms with Crippen molar-refractivity contribution >= 4 is 5.69 Å². The summed E-state index contributed by atoms with van der Waals surface area (Å²) in [5.41, 5.74) is 0.788. The molecule has 140 valence electrons. The highest BCUT2D eigenvalue weighted by atomic mass is 19.4. The lowest BCUT2D eigenvalue weighted by Gasteiger charge is -2.28. The quantitative estimate of drug-likeness (QED) is 0.685. The van der Waals surface area contributed by atoms with Crippen LogP contribution in [0.2, 0.25) is 0 Å². The van der Waals surface area contributed by atoms with Crippen molar-refractivity contribution in [1.29, 1.82) is 0 Å². The van der Waals surface area contributed by atoms with Crippen molar-refractivity contribution in [2.24, 2.45) is 0 Å². The van der Waals surface area contributed by atoms with Crippen LogP contribution in [0.1, 0.15) is 5.56 Å². The smallest absolute Gasteiger partial charge is 0.378 e. The number of morpholine rings is 1. The number of alkyl halides is 3. The Labute approximate surface area is 153 Å². The summed E-state index contributed by atoms with van der Waals surface area (Å²) in [5.74, 6) is 0.0886. The summed E-state index contributed by atoms with van der Waals surface area (Å²) in [6, 6.07) is 12.7. The van der Waals surface area contributed by atoms with Crippen LogP contribution in [-0.4, -0.2) is 36.4 Å². The Morgan fingerprint density at radius 1 is 0.926 bits per heavy atom. The van der Waals surface area contributed by atoms with Gasteiger partial charge in [0.1, 0.15) is 0 Å². The Morgan fingerprint density at radius 3 is 2.33 bits per heavy atom. The van der Waals surface area contributed by atoms with Crippen LogP contribution in [0.3, 0.4) is 0 Å². The van der Waals surface area contributed by atoms with Gasteiger partial charge >= 0.3 is 6.18 Å². The first kappa shape index (κ1) is 17.5. The fraction of sp³-hybridized carbons (Fsp3) is 0.263. The van der Waals surface area contributed by atoms with E-state index in [-0.39, 0.29) is 17.3 Å². The minimum absolute atomic E-state index is 0.131. The third-order valence-electron chi connectivity index (χ3n) is 4.39. The second-order valence-electron chi connectivity index (χ2n) is 6.11. The number of anilines is 1. The topological polar surface area (TPSA) is 51.4 Å². The molecule has 0 unspecified atom stereocenters. The molecule has 0 aliphatic carbocycles. The third-order valence-corrected chi connectivity index (χ3v) is 4.39. The van der Waals surface area contributed by atoms with E-state index in [1.54, 1.807) is 0 Å². The van der Waals surface area contributed by atoms with Gasteiger partial charge in [0.15, 0.2) is 0 Å². The molecule has 2 heterocycles.